The van der Waals surface area contributed by atoms with Gasteiger partial charge in [0, 0.05) is 31.2 Å². The molecule has 3 aliphatic rings. The first kappa shape index (κ1) is 15.8. The third-order valence-electron chi connectivity index (χ3n) is 5.61. The van der Waals surface area contributed by atoms with Crippen LogP contribution in [0.25, 0.3) is 0 Å². The molecule has 0 radical (unpaired) electrons. The topological polar surface area (TPSA) is 15.3 Å². The Bertz CT molecular complexity index is 323. The third kappa shape index (κ3) is 4.96. The van der Waals surface area contributed by atoms with Crippen molar-refractivity contribution in [1.82, 2.24) is 10.2 Å². The minimum Gasteiger partial charge on any atom is -0.310 e. The lowest BCUT2D eigenvalue weighted by Crippen LogP contribution is -2.53. The summed E-state index contributed by atoms with van der Waals surface area (Å²) < 4.78 is 0. The van der Waals surface area contributed by atoms with Gasteiger partial charge in [0.05, 0.1) is 0 Å². The standard InChI is InChI=1S/C19H36N2/c1-19(2,3)12-15-11-17(14-21(13-15)18-9-10-18)20-16-7-5-4-6-8-16/h15-18,20H,4-14H2,1-3H3. The molecule has 0 bridgehead atoms. The van der Waals surface area contributed by atoms with Gasteiger partial charge in [-0.2, -0.15) is 0 Å². The highest BCUT2D eigenvalue weighted by atomic mass is 15.2. The quantitative estimate of drug-likeness (QED) is 0.835. The van der Waals surface area contributed by atoms with E-state index in [2.05, 4.69) is 31.0 Å². The summed E-state index contributed by atoms with van der Waals surface area (Å²) in [7, 11) is 0. The van der Waals surface area contributed by atoms with Crippen LogP contribution < -0.4 is 5.32 Å². The van der Waals surface area contributed by atoms with E-state index < -0.39 is 0 Å². The first-order valence-electron chi connectivity index (χ1n) is 9.50. The van der Waals surface area contributed by atoms with E-state index in [9.17, 15) is 0 Å². The minimum absolute atomic E-state index is 0.479. The largest absolute Gasteiger partial charge is 0.310 e. The second-order valence-corrected chi connectivity index (χ2v) is 9.25. The zero-order valence-electron chi connectivity index (χ0n) is 14.5. The highest BCUT2D eigenvalue weighted by Crippen LogP contribution is 2.35. The normalized spacial score (nSPS) is 33.3. The summed E-state index contributed by atoms with van der Waals surface area (Å²) in [5, 5.41) is 4.04. The molecule has 3 fully saturated rings. The van der Waals surface area contributed by atoms with Crippen molar-refractivity contribution in [2.75, 3.05) is 13.1 Å². The van der Waals surface area contributed by atoms with Crippen molar-refractivity contribution >= 4 is 0 Å². The molecular formula is C19H36N2. The van der Waals surface area contributed by atoms with Gasteiger partial charge in [-0.3, -0.25) is 4.90 Å². The Morgan fingerprint density at radius 1 is 0.905 bits per heavy atom. The van der Waals surface area contributed by atoms with Crippen molar-refractivity contribution in [3.63, 3.8) is 0 Å². The second-order valence-electron chi connectivity index (χ2n) is 9.25. The van der Waals surface area contributed by atoms with Crippen LogP contribution in [0.2, 0.25) is 0 Å². The van der Waals surface area contributed by atoms with E-state index in [1.807, 2.05) is 0 Å². The molecule has 1 saturated heterocycles. The molecule has 2 nitrogen and oxygen atoms in total. The molecule has 0 aromatic rings. The van der Waals surface area contributed by atoms with Crippen LogP contribution in [0.15, 0.2) is 0 Å². The third-order valence-corrected chi connectivity index (χ3v) is 5.61. The summed E-state index contributed by atoms with van der Waals surface area (Å²) in [5.41, 5.74) is 0.479. The molecule has 2 aliphatic carbocycles. The summed E-state index contributed by atoms with van der Waals surface area (Å²) in [6, 6.07) is 2.51. The Morgan fingerprint density at radius 3 is 2.24 bits per heavy atom. The molecule has 21 heavy (non-hydrogen) atoms. The maximum atomic E-state index is 4.04. The Labute approximate surface area is 132 Å². The van der Waals surface area contributed by atoms with Crippen molar-refractivity contribution in [2.45, 2.75) is 96.7 Å². The summed E-state index contributed by atoms with van der Waals surface area (Å²) in [4.78, 5) is 2.82. The maximum absolute atomic E-state index is 4.04. The van der Waals surface area contributed by atoms with Gasteiger partial charge >= 0.3 is 0 Å². The summed E-state index contributed by atoms with van der Waals surface area (Å²) in [5.74, 6) is 0.903. The SMILES string of the molecule is CC(C)(C)CC1CC(NC2CCCCC2)CN(C2CC2)C1. The fraction of sp³-hybridized carbons (Fsp3) is 1.00. The number of rotatable bonds is 4. The first-order chi connectivity index (χ1) is 9.99. The summed E-state index contributed by atoms with van der Waals surface area (Å²) in [6.45, 7) is 9.92. The second kappa shape index (κ2) is 6.58. The zero-order chi connectivity index (χ0) is 14.9. The van der Waals surface area contributed by atoms with Crippen LogP contribution in [0.5, 0.6) is 0 Å². The average molecular weight is 293 g/mol. The van der Waals surface area contributed by atoms with Gasteiger partial charge in [-0.1, -0.05) is 40.0 Å². The molecule has 2 saturated carbocycles. The van der Waals surface area contributed by atoms with Gasteiger partial charge in [0.2, 0.25) is 0 Å². The molecule has 1 heterocycles. The van der Waals surface area contributed by atoms with Crippen LogP contribution in [0.1, 0.15) is 78.6 Å². The molecule has 0 spiro atoms. The van der Waals surface area contributed by atoms with Crippen LogP contribution in [-0.2, 0) is 0 Å². The molecule has 3 rings (SSSR count). The van der Waals surface area contributed by atoms with E-state index in [0.29, 0.717) is 5.41 Å². The van der Waals surface area contributed by atoms with Gasteiger partial charge in [-0.05, 0) is 49.9 Å². The molecule has 1 N–H and O–H groups in total. The highest BCUT2D eigenvalue weighted by molar-refractivity contribution is 4.94. The molecule has 0 amide bonds. The van der Waals surface area contributed by atoms with Crippen molar-refractivity contribution in [1.29, 1.82) is 0 Å². The lowest BCUT2D eigenvalue weighted by atomic mass is 9.79. The number of nitrogens with zero attached hydrogens (tertiary/aromatic N) is 1. The van der Waals surface area contributed by atoms with Crippen LogP contribution in [-0.4, -0.2) is 36.1 Å². The van der Waals surface area contributed by atoms with Gasteiger partial charge in [-0.25, -0.2) is 0 Å². The van der Waals surface area contributed by atoms with Crippen LogP contribution in [0, 0.1) is 11.3 Å². The fourth-order valence-corrected chi connectivity index (χ4v) is 4.72. The van der Waals surface area contributed by atoms with Crippen molar-refractivity contribution in [2.24, 2.45) is 11.3 Å². The molecular weight excluding hydrogens is 256 g/mol. The molecule has 1 aliphatic heterocycles. The van der Waals surface area contributed by atoms with Gasteiger partial charge < -0.3 is 5.32 Å². The molecule has 0 aromatic heterocycles. The zero-order valence-corrected chi connectivity index (χ0v) is 14.5. The van der Waals surface area contributed by atoms with Gasteiger partial charge in [0.1, 0.15) is 0 Å². The van der Waals surface area contributed by atoms with Gasteiger partial charge in [-0.15, -0.1) is 0 Å². The number of piperidine rings is 1. The smallest absolute Gasteiger partial charge is 0.0200 e. The Hall–Kier alpha value is -0.0800. The first-order valence-corrected chi connectivity index (χ1v) is 9.50. The molecule has 2 heteroatoms. The lowest BCUT2D eigenvalue weighted by molar-refractivity contribution is 0.100. The van der Waals surface area contributed by atoms with E-state index in [-0.39, 0.29) is 0 Å². The molecule has 122 valence electrons. The van der Waals surface area contributed by atoms with E-state index in [4.69, 9.17) is 0 Å². The predicted octanol–water partition coefficient (Wildman–Crippen LogP) is 4.20. The van der Waals surface area contributed by atoms with Crippen molar-refractivity contribution in [3.05, 3.63) is 0 Å². The van der Waals surface area contributed by atoms with Gasteiger partial charge in [0.25, 0.3) is 0 Å². The van der Waals surface area contributed by atoms with Crippen molar-refractivity contribution in [3.8, 4) is 0 Å². The Balaban J connectivity index is 1.56. The number of hydrogen-bond donors (Lipinski definition) is 1. The summed E-state index contributed by atoms with van der Waals surface area (Å²) >= 11 is 0. The molecule has 0 aromatic carbocycles. The van der Waals surface area contributed by atoms with Crippen LogP contribution >= 0.6 is 0 Å². The van der Waals surface area contributed by atoms with Crippen molar-refractivity contribution < 1.29 is 0 Å². The number of likely N-dealkylation sites (tertiary alicyclic amines) is 1. The lowest BCUT2D eigenvalue weighted by Gasteiger charge is -2.42. The number of hydrogen-bond acceptors (Lipinski definition) is 2. The molecule has 2 unspecified atom stereocenters. The van der Waals surface area contributed by atoms with E-state index >= 15 is 0 Å². The van der Waals surface area contributed by atoms with E-state index in [1.165, 1.54) is 70.9 Å². The monoisotopic (exact) mass is 292 g/mol. The van der Waals surface area contributed by atoms with E-state index in [1.54, 1.807) is 0 Å². The van der Waals surface area contributed by atoms with Crippen LogP contribution in [0.4, 0.5) is 0 Å². The molecule has 2 atom stereocenters. The number of nitrogens with one attached hydrogen (secondary N) is 1. The Morgan fingerprint density at radius 2 is 1.62 bits per heavy atom. The summed E-state index contributed by atoms with van der Waals surface area (Å²) in [6.07, 6.45) is 12.9. The highest BCUT2D eigenvalue weighted by Gasteiger charge is 2.37. The Kier molecular flexibility index (Phi) is 4.95. The van der Waals surface area contributed by atoms with Gasteiger partial charge in [0.15, 0.2) is 0 Å². The average Bonchev–Trinajstić information content (AvgIpc) is 3.21. The van der Waals surface area contributed by atoms with E-state index in [0.717, 1.165) is 24.0 Å². The predicted molar refractivity (Wildman–Crippen MR) is 90.6 cm³/mol. The fourth-order valence-electron chi connectivity index (χ4n) is 4.72. The van der Waals surface area contributed by atoms with Crippen LogP contribution in [0.3, 0.4) is 0 Å². The minimum atomic E-state index is 0.479. The maximum Gasteiger partial charge on any atom is 0.0200 e.